The molecular formula is C21H27NO4S. The molecule has 0 saturated carbocycles. The molecule has 1 amide bonds. The number of carbonyl (C=O) groups excluding carboxylic acids is 1. The molecule has 2 aromatic rings. The standard InChI is InChI=1S/C21H27NO4S/c1-4-16(5-2)22(10-11-24-3)21(23)20-9-8-19(27-20)15-6-7-17-18(14-15)26-13-12-25-17/h6-9,14,16H,4-5,10-13H2,1-3H3. The smallest absolute Gasteiger partial charge is 0.264 e. The molecule has 0 unspecified atom stereocenters. The molecule has 2 heterocycles. The molecule has 5 nitrogen and oxygen atoms in total. The largest absolute Gasteiger partial charge is 0.486 e. The van der Waals surface area contributed by atoms with Crippen molar-refractivity contribution in [2.45, 2.75) is 32.7 Å². The van der Waals surface area contributed by atoms with E-state index in [2.05, 4.69) is 13.8 Å². The molecule has 1 aliphatic rings. The predicted octanol–water partition coefficient (Wildman–Crippen LogP) is 4.46. The van der Waals surface area contributed by atoms with Gasteiger partial charge in [0.2, 0.25) is 0 Å². The first kappa shape index (κ1) is 19.7. The topological polar surface area (TPSA) is 48.0 Å². The van der Waals surface area contributed by atoms with Crippen molar-refractivity contribution < 1.29 is 19.0 Å². The second-order valence-electron chi connectivity index (χ2n) is 6.48. The number of nitrogens with zero attached hydrogens (tertiary/aromatic N) is 1. The van der Waals surface area contributed by atoms with Gasteiger partial charge in [0.25, 0.3) is 5.91 Å². The monoisotopic (exact) mass is 389 g/mol. The first-order valence-electron chi connectivity index (χ1n) is 9.47. The lowest BCUT2D eigenvalue weighted by molar-refractivity contribution is 0.0594. The van der Waals surface area contributed by atoms with Crippen LogP contribution in [0.4, 0.5) is 0 Å². The minimum atomic E-state index is 0.0783. The van der Waals surface area contributed by atoms with E-state index in [-0.39, 0.29) is 11.9 Å². The summed E-state index contributed by atoms with van der Waals surface area (Å²) in [6.07, 6.45) is 1.87. The van der Waals surface area contributed by atoms with E-state index in [1.54, 1.807) is 7.11 Å². The fourth-order valence-corrected chi connectivity index (χ4v) is 4.27. The van der Waals surface area contributed by atoms with Gasteiger partial charge in [-0.2, -0.15) is 0 Å². The van der Waals surface area contributed by atoms with Crippen molar-refractivity contribution in [1.29, 1.82) is 0 Å². The Morgan fingerprint density at radius 3 is 2.59 bits per heavy atom. The minimum absolute atomic E-state index is 0.0783. The summed E-state index contributed by atoms with van der Waals surface area (Å²) >= 11 is 1.52. The molecule has 0 N–H and O–H groups in total. The first-order valence-corrected chi connectivity index (χ1v) is 10.3. The maximum absolute atomic E-state index is 13.1. The summed E-state index contributed by atoms with van der Waals surface area (Å²) in [7, 11) is 1.67. The first-order chi connectivity index (χ1) is 13.2. The van der Waals surface area contributed by atoms with Crippen molar-refractivity contribution in [3.8, 4) is 21.9 Å². The van der Waals surface area contributed by atoms with Crippen molar-refractivity contribution in [2.24, 2.45) is 0 Å². The molecule has 0 atom stereocenters. The fraction of sp³-hybridized carbons (Fsp3) is 0.476. The predicted molar refractivity (Wildman–Crippen MR) is 108 cm³/mol. The lowest BCUT2D eigenvalue weighted by Gasteiger charge is -2.30. The molecule has 3 rings (SSSR count). The Balaban J connectivity index is 1.81. The van der Waals surface area contributed by atoms with Crippen LogP contribution in [0.1, 0.15) is 36.4 Å². The lowest BCUT2D eigenvalue weighted by atomic mass is 10.1. The van der Waals surface area contributed by atoms with Crippen molar-refractivity contribution in [3.63, 3.8) is 0 Å². The second kappa shape index (κ2) is 9.24. The molecule has 6 heteroatoms. The highest BCUT2D eigenvalue weighted by Crippen LogP contribution is 2.37. The van der Waals surface area contributed by atoms with Gasteiger partial charge in [0.15, 0.2) is 11.5 Å². The van der Waals surface area contributed by atoms with E-state index >= 15 is 0 Å². The Bertz CT molecular complexity index is 769. The third kappa shape index (κ3) is 4.45. The van der Waals surface area contributed by atoms with Gasteiger partial charge in [0, 0.05) is 24.6 Å². The molecule has 146 valence electrons. The van der Waals surface area contributed by atoms with Crippen LogP contribution in [0.3, 0.4) is 0 Å². The van der Waals surface area contributed by atoms with Crippen LogP contribution in [0.25, 0.3) is 10.4 Å². The van der Waals surface area contributed by atoms with Crippen molar-refractivity contribution in [2.75, 3.05) is 33.5 Å². The summed E-state index contributed by atoms with van der Waals surface area (Å²) in [5, 5.41) is 0. The molecule has 0 fully saturated rings. The third-order valence-electron chi connectivity index (χ3n) is 4.82. The Labute approximate surface area is 164 Å². The summed E-state index contributed by atoms with van der Waals surface area (Å²) in [6, 6.07) is 10.1. The van der Waals surface area contributed by atoms with Crippen LogP contribution in [0.2, 0.25) is 0 Å². The molecule has 27 heavy (non-hydrogen) atoms. The lowest BCUT2D eigenvalue weighted by Crippen LogP contribution is -2.41. The van der Waals surface area contributed by atoms with Gasteiger partial charge in [0.05, 0.1) is 11.5 Å². The number of fused-ring (bicyclic) bond motifs is 1. The van der Waals surface area contributed by atoms with Gasteiger partial charge in [-0.1, -0.05) is 13.8 Å². The Morgan fingerprint density at radius 1 is 1.15 bits per heavy atom. The average molecular weight is 390 g/mol. The zero-order valence-electron chi connectivity index (χ0n) is 16.2. The summed E-state index contributed by atoms with van der Waals surface area (Å²) in [4.78, 5) is 16.9. The SMILES string of the molecule is CCC(CC)N(CCOC)C(=O)c1ccc(-c2ccc3c(c2)OCCO3)s1. The molecule has 0 spiro atoms. The van der Waals surface area contributed by atoms with E-state index in [0.29, 0.717) is 26.4 Å². The molecule has 1 aromatic carbocycles. The molecule has 0 radical (unpaired) electrons. The van der Waals surface area contributed by atoms with Gasteiger partial charge in [-0.05, 0) is 48.7 Å². The number of benzene rings is 1. The number of carbonyl (C=O) groups is 1. The number of amides is 1. The van der Waals surface area contributed by atoms with E-state index in [9.17, 15) is 4.79 Å². The summed E-state index contributed by atoms with van der Waals surface area (Å²) in [5.41, 5.74) is 1.04. The number of hydrogen-bond acceptors (Lipinski definition) is 5. The molecule has 0 saturated heterocycles. The van der Waals surface area contributed by atoms with Crippen LogP contribution in [0.15, 0.2) is 30.3 Å². The van der Waals surface area contributed by atoms with Crippen LogP contribution in [0.5, 0.6) is 11.5 Å². The normalized spacial score (nSPS) is 13.0. The Morgan fingerprint density at radius 2 is 1.89 bits per heavy atom. The maximum atomic E-state index is 13.1. The average Bonchev–Trinajstić information content (AvgIpc) is 3.20. The highest BCUT2D eigenvalue weighted by atomic mass is 32.1. The van der Waals surface area contributed by atoms with Crippen molar-refractivity contribution in [3.05, 3.63) is 35.2 Å². The van der Waals surface area contributed by atoms with E-state index in [1.807, 2.05) is 35.2 Å². The Kier molecular flexibility index (Phi) is 6.74. The number of rotatable bonds is 8. The van der Waals surface area contributed by atoms with Crippen LogP contribution in [0, 0.1) is 0 Å². The Hall–Kier alpha value is -2.05. The fourth-order valence-electron chi connectivity index (χ4n) is 3.32. The zero-order chi connectivity index (χ0) is 19.2. The van der Waals surface area contributed by atoms with Gasteiger partial charge in [-0.25, -0.2) is 0 Å². The van der Waals surface area contributed by atoms with Gasteiger partial charge in [-0.15, -0.1) is 11.3 Å². The highest BCUT2D eigenvalue weighted by Gasteiger charge is 2.24. The highest BCUT2D eigenvalue weighted by molar-refractivity contribution is 7.17. The molecule has 1 aliphatic heterocycles. The van der Waals surface area contributed by atoms with Gasteiger partial charge >= 0.3 is 0 Å². The quantitative estimate of drug-likeness (QED) is 0.669. The van der Waals surface area contributed by atoms with Gasteiger partial charge in [-0.3, -0.25) is 4.79 Å². The minimum Gasteiger partial charge on any atom is -0.486 e. The van der Waals surface area contributed by atoms with E-state index in [4.69, 9.17) is 14.2 Å². The molecular weight excluding hydrogens is 362 g/mol. The van der Waals surface area contributed by atoms with E-state index in [1.165, 1.54) is 11.3 Å². The second-order valence-corrected chi connectivity index (χ2v) is 7.57. The number of thiophene rings is 1. The van der Waals surface area contributed by atoms with Crippen LogP contribution in [-0.4, -0.2) is 50.3 Å². The summed E-state index contributed by atoms with van der Waals surface area (Å²) < 4.78 is 16.5. The molecule has 0 aliphatic carbocycles. The van der Waals surface area contributed by atoms with Crippen molar-refractivity contribution in [1.82, 2.24) is 4.90 Å². The van der Waals surface area contributed by atoms with Gasteiger partial charge in [0.1, 0.15) is 13.2 Å². The maximum Gasteiger partial charge on any atom is 0.264 e. The van der Waals surface area contributed by atoms with E-state index in [0.717, 1.165) is 39.7 Å². The van der Waals surface area contributed by atoms with Crippen LogP contribution in [-0.2, 0) is 4.74 Å². The number of hydrogen-bond donors (Lipinski definition) is 0. The van der Waals surface area contributed by atoms with Gasteiger partial charge < -0.3 is 19.1 Å². The molecule has 0 bridgehead atoms. The number of ether oxygens (including phenoxy) is 3. The number of methoxy groups -OCH3 is 1. The summed E-state index contributed by atoms with van der Waals surface area (Å²) in [5.74, 6) is 1.62. The zero-order valence-corrected chi connectivity index (χ0v) is 17.0. The van der Waals surface area contributed by atoms with Crippen molar-refractivity contribution >= 4 is 17.2 Å². The van der Waals surface area contributed by atoms with Crippen LogP contribution < -0.4 is 9.47 Å². The third-order valence-corrected chi connectivity index (χ3v) is 5.95. The summed E-state index contributed by atoms with van der Waals surface area (Å²) in [6.45, 7) is 6.54. The van der Waals surface area contributed by atoms with E-state index < -0.39 is 0 Å². The van der Waals surface area contributed by atoms with Crippen LogP contribution >= 0.6 is 11.3 Å². The molecule has 1 aromatic heterocycles.